The van der Waals surface area contributed by atoms with Crippen LogP contribution in [0.25, 0.3) is 10.8 Å². The number of nitrogens with zero attached hydrogens (tertiary/aromatic N) is 1. The van der Waals surface area contributed by atoms with Crippen LogP contribution in [0.4, 0.5) is 0 Å². The molecule has 1 fully saturated rings. The van der Waals surface area contributed by atoms with E-state index < -0.39 is 5.91 Å². The number of fused-ring (bicyclic) bond motifs is 1. The summed E-state index contributed by atoms with van der Waals surface area (Å²) in [7, 11) is 0. The number of hydrogen-bond acceptors (Lipinski definition) is 4. The highest BCUT2D eigenvalue weighted by Crippen LogP contribution is 2.21. The zero-order chi connectivity index (χ0) is 14.8. The molecule has 2 N–H and O–H groups in total. The molecule has 1 atom stereocenters. The lowest BCUT2D eigenvalue weighted by molar-refractivity contribution is -0.121. The van der Waals surface area contributed by atoms with Crippen LogP contribution in [0.2, 0.25) is 5.15 Å². The maximum atomic E-state index is 12.3. The number of rotatable bonds is 2. The summed E-state index contributed by atoms with van der Waals surface area (Å²) in [6, 6.07) is 8.68. The van der Waals surface area contributed by atoms with Crippen molar-refractivity contribution in [1.82, 2.24) is 15.6 Å². The van der Waals surface area contributed by atoms with Crippen molar-refractivity contribution in [3.05, 3.63) is 41.2 Å². The fraction of sp³-hybridized carbons (Fsp3) is 0.267. The van der Waals surface area contributed by atoms with E-state index in [1.165, 1.54) is 0 Å². The Labute approximate surface area is 126 Å². The number of pyridine rings is 1. The summed E-state index contributed by atoms with van der Waals surface area (Å²) in [6.07, 6.45) is 1.67. The highest BCUT2D eigenvalue weighted by atomic mass is 35.5. The van der Waals surface area contributed by atoms with E-state index in [2.05, 4.69) is 15.6 Å². The Morgan fingerprint density at radius 3 is 2.90 bits per heavy atom. The van der Waals surface area contributed by atoms with Crippen molar-refractivity contribution >= 4 is 34.2 Å². The van der Waals surface area contributed by atoms with Gasteiger partial charge in [-0.1, -0.05) is 35.9 Å². The molecule has 0 spiro atoms. The number of carbonyl (C=O) groups is 2. The van der Waals surface area contributed by atoms with E-state index >= 15 is 0 Å². The van der Waals surface area contributed by atoms with Gasteiger partial charge in [-0.2, -0.15) is 0 Å². The quantitative estimate of drug-likeness (QED) is 0.656. The van der Waals surface area contributed by atoms with E-state index in [1.807, 2.05) is 18.2 Å². The van der Waals surface area contributed by atoms with Crippen LogP contribution < -0.4 is 10.6 Å². The second kappa shape index (κ2) is 5.79. The van der Waals surface area contributed by atoms with Crippen LogP contribution in [-0.2, 0) is 4.79 Å². The molecule has 2 amide bonds. The third-order valence-corrected chi connectivity index (χ3v) is 3.73. The first-order valence-corrected chi connectivity index (χ1v) is 7.17. The predicted octanol–water partition coefficient (Wildman–Crippen LogP) is 1.90. The Morgan fingerprint density at radius 2 is 2.14 bits per heavy atom. The van der Waals surface area contributed by atoms with Gasteiger partial charge in [-0.05, 0) is 30.8 Å². The van der Waals surface area contributed by atoms with Crippen molar-refractivity contribution < 1.29 is 9.59 Å². The van der Waals surface area contributed by atoms with Crippen LogP contribution in [0.5, 0.6) is 0 Å². The minimum atomic E-state index is -0.521. The largest absolute Gasteiger partial charge is 0.306 e. The number of imide groups is 1. The normalized spacial score (nSPS) is 17.9. The molecule has 108 valence electrons. The summed E-state index contributed by atoms with van der Waals surface area (Å²) in [4.78, 5) is 28.4. The van der Waals surface area contributed by atoms with Gasteiger partial charge in [0, 0.05) is 5.39 Å². The zero-order valence-electron chi connectivity index (χ0n) is 11.2. The maximum absolute atomic E-state index is 12.3. The van der Waals surface area contributed by atoms with Gasteiger partial charge in [0.15, 0.2) is 0 Å². The van der Waals surface area contributed by atoms with Crippen LogP contribution in [-0.4, -0.2) is 29.4 Å². The lowest BCUT2D eigenvalue weighted by atomic mass is 10.1. The maximum Gasteiger partial charge on any atom is 0.277 e. The van der Waals surface area contributed by atoms with Crippen LogP contribution in [0.15, 0.2) is 30.3 Å². The molecule has 0 saturated carbocycles. The molecule has 1 unspecified atom stereocenters. The average Bonchev–Trinajstić information content (AvgIpc) is 3.00. The lowest BCUT2D eigenvalue weighted by Crippen LogP contribution is -2.43. The van der Waals surface area contributed by atoms with Crippen molar-refractivity contribution in [2.24, 2.45) is 0 Å². The van der Waals surface area contributed by atoms with Gasteiger partial charge >= 0.3 is 0 Å². The summed E-state index contributed by atoms with van der Waals surface area (Å²) >= 11 is 5.94. The minimum Gasteiger partial charge on any atom is -0.306 e. The first-order chi connectivity index (χ1) is 10.1. The standard InChI is InChI=1S/C15H14ClN3O2/c16-12-8-9-4-1-2-5-10(9)13(18-12)15(21)19-14(20)11-6-3-7-17-11/h1-2,4-5,8,11,17H,3,6-7H2,(H,19,20,21). The summed E-state index contributed by atoms with van der Waals surface area (Å²) in [5.74, 6) is -0.837. The average molecular weight is 304 g/mol. The number of amides is 2. The second-order valence-corrected chi connectivity index (χ2v) is 5.37. The van der Waals surface area contributed by atoms with Gasteiger partial charge in [-0.25, -0.2) is 4.98 Å². The lowest BCUT2D eigenvalue weighted by Gasteiger charge is -2.11. The first-order valence-electron chi connectivity index (χ1n) is 6.79. The predicted molar refractivity (Wildman–Crippen MR) is 80.3 cm³/mol. The summed E-state index contributed by atoms with van der Waals surface area (Å²) in [5, 5.41) is 7.16. The van der Waals surface area contributed by atoms with Crippen LogP contribution in [0.3, 0.4) is 0 Å². The van der Waals surface area contributed by atoms with Crippen LogP contribution in [0.1, 0.15) is 23.3 Å². The first kappa shape index (κ1) is 14.0. The van der Waals surface area contributed by atoms with E-state index in [0.717, 1.165) is 24.8 Å². The van der Waals surface area contributed by atoms with Crippen molar-refractivity contribution in [3.63, 3.8) is 0 Å². The Balaban J connectivity index is 1.89. The molecule has 6 heteroatoms. The molecule has 3 rings (SSSR count). The van der Waals surface area contributed by atoms with E-state index in [-0.39, 0.29) is 22.8 Å². The minimum absolute atomic E-state index is 0.171. The zero-order valence-corrected chi connectivity index (χ0v) is 12.0. The third-order valence-electron chi connectivity index (χ3n) is 3.54. The Morgan fingerprint density at radius 1 is 1.33 bits per heavy atom. The van der Waals surface area contributed by atoms with Crippen molar-refractivity contribution in [2.75, 3.05) is 6.54 Å². The molecule has 1 aromatic heterocycles. The summed E-state index contributed by atoms with van der Waals surface area (Å²) in [5.41, 5.74) is 0.171. The molecule has 2 aromatic rings. The van der Waals surface area contributed by atoms with Crippen LogP contribution in [0, 0.1) is 0 Å². The van der Waals surface area contributed by atoms with Crippen LogP contribution >= 0.6 is 11.6 Å². The van der Waals surface area contributed by atoms with Gasteiger partial charge in [0.1, 0.15) is 10.8 Å². The van der Waals surface area contributed by atoms with Gasteiger partial charge in [0.25, 0.3) is 5.91 Å². The van der Waals surface area contributed by atoms with Gasteiger partial charge < -0.3 is 5.32 Å². The molecular weight excluding hydrogens is 290 g/mol. The van der Waals surface area contributed by atoms with E-state index in [4.69, 9.17) is 11.6 Å². The van der Waals surface area contributed by atoms with Crippen molar-refractivity contribution in [1.29, 1.82) is 0 Å². The van der Waals surface area contributed by atoms with Crippen molar-refractivity contribution in [3.8, 4) is 0 Å². The molecule has 1 saturated heterocycles. The molecule has 1 aliphatic heterocycles. The molecule has 1 aliphatic rings. The fourth-order valence-corrected chi connectivity index (χ4v) is 2.71. The molecule has 0 aliphatic carbocycles. The van der Waals surface area contributed by atoms with Gasteiger partial charge in [-0.15, -0.1) is 0 Å². The molecular formula is C15H14ClN3O2. The second-order valence-electron chi connectivity index (χ2n) is 4.98. The van der Waals surface area contributed by atoms with Gasteiger partial charge in [-0.3, -0.25) is 14.9 Å². The molecule has 21 heavy (non-hydrogen) atoms. The number of carbonyl (C=O) groups excluding carboxylic acids is 2. The number of nitrogens with one attached hydrogen (secondary N) is 2. The molecule has 0 bridgehead atoms. The number of aromatic nitrogens is 1. The summed E-state index contributed by atoms with van der Waals surface area (Å²) < 4.78 is 0. The Hall–Kier alpha value is -1.98. The van der Waals surface area contributed by atoms with Gasteiger partial charge in [0.2, 0.25) is 5.91 Å². The Bertz CT molecular complexity index is 711. The topological polar surface area (TPSA) is 71.1 Å². The van der Waals surface area contributed by atoms with E-state index in [0.29, 0.717) is 5.39 Å². The smallest absolute Gasteiger partial charge is 0.277 e. The molecule has 1 aromatic carbocycles. The third kappa shape index (κ3) is 2.89. The molecule has 0 radical (unpaired) electrons. The fourth-order valence-electron chi connectivity index (χ4n) is 2.51. The molecule has 2 heterocycles. The van der Waals surface area contributed by atoms with E-state index in [1.54, 1.807) is 12.1 Å². The number of halogens is 1. The van der Waals surface area contributed by atoms with E-state index in [9.17, 15) is 9.59 Å². The Kier molecular flexibility index (Phi) is 3.86. The van der Waals surface area contributed by atoms with Crippen molar-refractivity contribution in [2.45, 2.75) is 18.9 Å². The van der Waals surface area contributed by atoms with Gasteiger partial charge in [0.05, 0.1) is 6.04 Å². The highest BCUT2D eigenvalue weighted by molar-refractivity contribution is 6.30. The number of hydrogen-bond donors (Lipinski definition) is 2. The SMILES string of the molecule is O=C(NC(=O)C1CCCN1)c1nc(Cl)cc2ccccc12. The summed E-state index contributed by atoms with van der Waals surface area (Å²) in [6.45, 7) is 0.796. The highest BCUT2D eigenvalue weighted by Gasteiger charge is 2.25. The molecule has 5 nitrogen and oxygen atoms in total. The monoisotopic (exact) mass is 303 g/mol. The number of benzene rings is 1.